The van der Waals surface area contributed by atoms with Crippen LogP contribution in [0.2, 0.25) is 5.02 Å². The monoisotopic (exact) mass is 358 g/mol. The number of piperazine rings is 1. The van der Waals surface area contributed by atoms with Crippen molar-refractivity contribution < 1.29 is 4.74 Å². The average Bonchev–Trinajstić information content (AvgIpc) is 2.68. The van der Waals surface area contributed by atoms with E-state index in [1.54, 1.807) is 7.11 Å². The Bertz CT molecular complexity index is 725. The number of aromatic nitrogens is 2. The van der Waals surface area contributed by atoms with Gasteiger partial charge in [0.15, 0.2) is 0 Å². The largest absolute Gasteiger partial charge is 0.481 e. The molecule has 1 aromatic carbocycles. The summed E-state index contributed by atoms with van der Waals surface area (Å²) in [6, 6.07) is 8.05. The molecule has 0 amide bonds. The minimum atomic E-state index is 0.764. The zero-order chi connectivity index (χ0) is 17.2. The van der Waals surface area contributed by atoms with Gasteiger partial charge in [-0.1, -0.05) is 11.6 Å². The van der Waals surface area contributed by atoms with Gasteiger partial charge in [-0.2, -0.15) is 4.98 Å². The summed E-state index contributed by atoms with van der Waals surface area (Å²) in [5, 5.41) is 0.775. The fourth-order valence-corrected chi connectivity index (χ4v) is 3.80. The van der Waals surface area contributed by atoms with E-state index in [2.05, 4.69) is 21.9 Å². The minimum Gasteiger partial charge on any atom is -0.481 e. The molecule has 0 bridgehead atoms. The molecule has 0 saturated carbocycles. The van der Waals surface area contributed by atoms with Crippen molar-refractivity contribution in [3.8, 4) is 5.88 Å². The lowest BCUT2D eigenvalue weighted by Crippen LogP contribution is -2.47. The van der Waals surface area contributed by atoms with E-state index in [0.29, 0.717) is 0 Å². The Kier molecular flexibility index (Phi) is 4.66. The molecule has 4 rings (SSSR count). The zero-order valence-electron chi connectivity index (χ0n) is 14.5. The van der Waals surface area contributed by atoms with Crippen LogP contribution in [-0.2, 0) is 12.8 Å². The Labute approximate surface area is 153 Å². The Balaban J connectivity index is 1.50. The fraction of sp³-hybridized carbons (Fsp3) is 0.474. The summed E-state index contributed by atoms with van der Waals surface area (Å²) >= 11 is 5.99. The van der Waals surface area contributed by atoms with Gasteiger partial charge in [0.2, 0.25) is 11.8 Å². The van der Waals surface area contributed by atoms with Crippen LogP contribution < -0.4 is 14.5 Å². The highest BCUT2D eigenvalue weighted by atomic mass is 35.5. The van der Waals surface area contributed by atoms with E-state index in [4.69, 9.17) is 26.3 Å². The normalized spacial score (nSPS) is 17.4. The molecule has 1 fully saturated rings. The molecular formula is C19H23ClN4O. The van der Waals surface area contributed by atoms with Crippen LogP contribution in [0.15, 0.2) is 24.3 Å². The zero-order valence-corrected chi connectivity index (χ0v) is 15.3. The average molecular weight is 359 g/mol. The molecule has 1 saturated heterocycles. The van der Waals surface area contributed by atoms with Crippen molar-refractivity contribution in [1.29, 1.82) is 0 Å². The van der Waals surface area contributed by atoms with Gasteiger partial charge in [0, 0.05) is 42.5 Å². The highest BCUT2D eigenvalue weighted by Gasteiger charge is 2.23. The third-order valence-electron chi connectivity index (χ3n) is 5.08. The van der Waals surface area contributed by atoms with E-state index < -0.39 is 0 Å². The fourth-order valence-electron chi connectivity index (χ4n) is 3.67. The number of ether oxygens (including phenoxy) is 1. The Morgan fingerprint density at radius 3 is 2.32 bits per heavy atom. The van der Waals surface area contributed by atoms with E-state index in [-0.39, 0.29) is 0 Å². The number of benzene rings is 1. The third-order valence-corrected chi connectivity index (χ3v) is 5.33. The van der Waals surface area contributed by atoms with Gasteiger partial charge in [-0.25, -0.2) is 4.98 Å². The molecule has 2 aliphatic rings. The van der Waals surface area contributed by atoms with Crippen LogP contribution in [0.4, 0.5) is 11.6 Å². The molecule has 132 valence electrons. The van der Waals surface area contributed by atoms with Crippen LogP contribution in [0.3, 0.4) is 0 Å². The Morgan fingerprint density at radius 2 is 1.60 bits per heavy atom. The smallest absolute Gasteiger partial charge is 0.229 e. The number of aryl methyl sites for hydroxylation is 1. The molecule has 2 heterocycles. The third kappa shape index (κ3) is 3.38. The van der Waals surface area contributed by atoms with E-state index >= 15 is 0 Å². The van der Waals surface area contributed by atoms with Crippen LogP contribution in [0.5, 0.6) is 5.88 Å². The number of halogens is 1. The lowest BCUT2D eigenvalue weighted by molar-refractivity contribution is 0.386. The molecule has 2 aromatic rings. The van der Waals surface area contributed by atoms with Crippen molar-refractivity contribution in [2.24, 2.45) is 0 Å². The molecule has 0 atom stereocenters. The van der Waals surface area contributed by atoms with Crippen LogP contribution in [0, 0.1) is 0 Å². The quantitative estimate of drug-likeness (QED) is 0.841. The number of hydrogen-bond donors (Lipinski definition) is 0. The Hall–Kier alpha value is -2.01. The lowest BCUT2D eigenvalue weighted by atomic mass is 9.97. The van der Waals surface area contributed by atoms with E-state index in [1.165, 1.54) is 29.8 Å². The number of fused-ring (bicyclic) bond motifs is 1. The molecular weight excluding hydrogens is 336 g/mol. The van der Waals surface area contributed by atoms with E-state index in [0.717, 1.165) is 55.9 Å². The molecule has 1 aliphatic heterocycles. The molecule has 0 N–H and O–H groups in total. The molecule has 0 radical (unpaired) electrons. The first-order chi connectivity index (χ1) is 12.2. The molecule has 25 heavy (non-hydrogen) atoms. The standard InChI is InChI=1S/C19H23ClN4O/c1-25-18-16-4-2-3-5-17(16)21-19(22-18)24-12-10-23(11-13-24)15-8-6-14(20)7-9-15/h6-9H,2-5,10-13H2,1H3. The summed E-state index contributed by atoms with van der Waals surface area (Å²) in [5.41, 5.74) is 3.60. The van der Waals surface area contributed by atoms with Crippen LogP contribution in [-0.4, -0.2) is 43.3 Å². The predicted molar refractivity (Wildman–Crippen MR) is 101 cm³/mol. The van der Waals surface area contributed by atoms with Gasteiger partial charge < -0.3 is 14.5 Å². The molecule has 0 unspecified atom stereocenters. The summed E-state index contributed by atoms with van der Waals surface area (Å²) in [6.07, 6.45) is 4.47. The summed E-state index contributed by atoms with van der Waals surface area (Å²) in [6.45, 7) is 3.71. The lowest BCUT2D eigenvalue weighted by Gasteiger charge is -2.36. The number of hydrogen-bond acceptors (Lipinski definition) is 5. The van der Waals surface area contributed by atoms with Gasteiger partial charge in [-0.15, -0.1) is 0 Å². The highest BCUT2D eigenvalue weighted by Crippen LogP contribution is 2.29. The summed E-state index contributed by atoms with van der Waals surface area (Å²) in [4.78, 5) is 14.2. The first-order valence-electron chi connectivity index (χ1n) is 8.94. The van der Waals surface area contributed by atoms with Gasteiger partial charge in [-0.05, 0) is 49.9 Å². The van der Waals surface area contributed by atoms with Crippen molar-refractivity contribution in [1.82, 2.24) is 9.97 Å². The van der Waals surface area contributed by atoms with Gasteiger partial charge in [0.05, 0.1) is 12.8 Å². The van der Waals surface area contributed by atoms with Crippen LogP contribution >= 0.6 is 11.6 Å². The van der Waals surface area contributed by atoms with Crippen molar-refractivity contribution in [2.75, 3.05) is 43.1 Å². The molecule has 0 spiro atoms. The maximum absolute atomic E-state index is 5.99. The SMILES string of the molecule is COc1nc(N2CCN(c3ccc(Cl)cc3)CC2)nc2c1CCCC2. The van der Waals surface area contributed by atoms with Crippen LogP contribution in [0.25, 0.3) is 0 Å². The minimum absolute atomic E-state index is 0.764. The number of rotatable bonds is 3. The maximum atomic E-state index is 5.99. The van der Waals surface area contributed by atoms with E-state index in [1.807, 2.05) is 12.1 Å². The van der Waals surface area contributed by atoms with Crippen molar-refractivity contribution in [3.05, 3.63) is 40.5 Å². The second-order valence-electron chi connectivity index (χ2n) is 6.62. The number of methoxy groups -OCH3 is 1. The summed E-state index contributed by atoms with van der Waals surface area (Å²) < 4.78 is 5.55. The van der Waals surface area contributed by atoms with Gasteiger partial charge in [-0.3, -0.25) is 0 Å². The van der Waals surface area contributed by atoms with Gasteiger partial charge >= 0.3 is 0 Å². The van der Waals surface area contributed by atoms with Crippen molar-refractivity contribution in [3.63, 3.8) is 0 Å². The topological polar surface area (TPSA) is 41.5 Å². The maximum Gasteiger partial charge on any atom is 0.229 e. The first-order valence-corrected chi connectivity index (χ1v) is 9.31. The Morgan fingerprint density at radius 1 is 0.920 bits per heavy atom. The first kappa shape index (κ1) is 16.5. The molecule has 6 heteroatoms. The van der Waals surface area contributed by atoms with Crippen LogP contribution in [0.1, 0.15) is 24.1 Å². The second-order valence-corrected chi connectivity index (χ2v) is 7.05. The number of anilines is 2. The summed E-state index contributed by atoms with van der Waals surface area (Å²) in [5.74, 6) is 1.58. The molecule has 1 aromatic heterocycles. The number of nitrogens with zero attached hydrogens (tertiary/aromatic N) is 4. The second kappa shape index (κ2) is 7.08. The molecule has 5 nitrogen and oxygen atoms in total. The van der Waals surface area contributed by atoms with E-state index in [9.17, 15) is 0 Å². The van der Waals surface area contributed by atoms with Crippen molar-refractivity contribution >= 4 is 23.2 Å². The summed E-state index contributed by atoms with van der Waals surface area (Å²) in [7, 11) is 1.71. The van der Waals surface area contributed by atoms with Gasteiger partial charge in [0.1, 0.15) is 0 Å². The van der Waals surface area contributed by atoms with Crippen molar-refractivity contribution in [2.45, 2.75) is 25.7 Å². The predicted octanol–water partition coefficient (Wildman–Crippen LogP) is 3.34. The highest BCUT2D eigenvalue weighted by molar-refractivity contribution is 6.30. The van der Waals surface area contributed by atoms with Gasteiger partial charge in [0.25, 0.3) is 0 Å². The molecule has 1 aliphatic carbocycles.